The van der Waals surface area contributed by atoms with Crippen molar-refractivity contribution in [1.29, 1.82) is 0 Å². The van der Waals surface area contributed by atoms with Gasteiger partial charge in [-0.25, -0.2) is 0 Å². The lowest BCUT2D eigenvalue weighted by molar-refractivity contribution is 0.669. The second kappa shape index (κ2) is 9.38. The van der Waals surface area contributed by atoms with Gasteiger partial charge in [0.2, 0.25) is 0 Å². The smallest absolute Gasteiger partial charge is 0.252 e. The molecule has 2 aliphatic rings. The highest BCUT2D eigenvalue weighted by molar-refractivity contribution is 7.26. The predicted molar refractivity (Wildman–Crippen MR) is 201 cm³/mol. The highest BCUT2D eigenvalue weighted by Gasteiger charge is 2.43. The van der Waals surface area contributed by atoms with Crippen LogP contribution in [0.15, 0.2) is 156 Å². The van der Waals surface area contributed by atoms with Crippen LogP contribution in [0.4, 0.5) is 34.1 Å². The number of fused-ring (bicyclic) bond motifs is 10. The van der Waals surface area contributed by atoms with Gasteiger partial charge in [-0.3, -0.25) is 0 Å². The molecule has 3 nitrogen and oxygen atoms in total. The number of hydrogen-bond donors (Lipinski definition) is 0. The minimum Gasteiger partial charge on any atom is -0.454 e. The Balaban J connectivity index is 1.23. The van der Waals surface area contributed by atoms with Crippen LogP contribution in [-0.4, -0.2) is 6.71 Å². The van der Waals surface area contributed by atoms with E-state index in [-0.39, 0.29) is 6.71 Å². The van der Waals surface area contributed by atoms with Crippen LogP contribution in [0.25, 0.3) is 42.1 Å². The molecule has 11 rings (SSSR count). The third-order valence-corrected chi connectivity index (χ3v) is 11.3. The van der Waals surface area contributed by atoms with Gasteiger partial charge in [0, 0.05) is 49.0 Å². The standard InChI is InChI=1S/C42H25BN2OS/c1-7-24-38-26(12-1)28-14-9-22-36(41(28)46-38)44-32-18-5-3-16-30(32)43-31-17-4-6-19-33(31)45(35-21-11-20-34(44)40(35)43)37-23-10-15-29-27-13-2-8-25-39(27)47-42(29)37/h1-25H. The largest absolute Gasteiger partial charge is 0.454 e. The second-order valence-electron chi connectivity index (χ2n) is 12.4. The molecule has 0 fully saturated rings. The van der Waals surface area contributed by atoms with Crippen molar-refractivity contribution in [2.75, 3.05) is 9.80 Å². The Labute approximate surface area is 275 Å². The zero-order valence-corrected chi connectivity index (χ0v) is 26.0. The Hall–Kier alpha value is -5.78. The molecule has 0 bridgehead atoms. The van der Waals surface area contributed by atoms with Crippen LogP contribution in [0.1, 0.15) is 0 Å². The first-order valence-electron chi connectivity index (χ1n) is 16.1. The lowest BCUT2D eigenvalue weighted by atomic mass is 9.33. The number of thiophene rings is 1. The Morgan fingerprint density at radius 2 is 0.957 bits per heavy atom. The van der Waals surface area contributed by atoms with Gasteiger partial charge in [0.05, 0.1) is 16.1 Å². The topological polar surface area (TPSA) is 19.6 Å². The Morgan fingerprint density at radius 3 is 1.74 bits per heavy atom. The molecule has 2 aromatic heterocycles. The lowest BCUT2D eigenvalue weighted by Crippen LogP contribution is -2.61. The van der Waals surface area contributed by atoms with E-state index in [0.717, 1.165) is 27.6 Å². The summed E-state index contributed by atoms with van der Waals surface area (Å²) < 4.78 is 9.25. The van der Waals surface area contributed by atoms with Crippen LogP contribution in [-0.2, 0) is 0 Å². The third-order valence-electron chi connectivity index (χ3n) is 10.1. The van der Waals surface area contributed by atoms with Crippen molar-refractivity contribution in [3.05, 3.63) is 152 Å². The number of anilines is 6. The van der Waals surface area contributed by atoms with Crippen LogP contribution < -0.4 is 26.2 Å². The molecule has 0 saturated carbocycles. The number of benzene rings is 7. The predicted octanol–water partition coefficient (Wildman–Crippen LogP) is 10.0. The highest BCUT2D eigenvalue weighted by atomic mass is 32.1. The van der Waals surface area contributed by atoms with Crippen LogP contribution in [0.2, 0.25) is 0 Å². The minimum absolute atomic E-state index is 0.0950. The zero-order chi connectivity index (χ0) is 30.6. The van der Waals surface area contributed by atoms with Crippen LogP contribution in [0.5, 0.6) is 0 Å². The first-order valence-corrected chi connectivity index (χ1v) is 16.9. The van der Waals surface area contributed by atoms with Gasteiger partial charge < -0.3 is 14.2 Å². The summed E-state index contributed by atoms with van der Waals surface area (Å²) in [7, 11) is 0. The van der Waals surface area contributed by atoms with E-state index in [1.54, 1.807) is 0 Å². The van der Waals surface area contributed by atoms with Crippen LogP contribution in [0.3, 0.4) is 0 Å². The molecule has 218 valence electrons. The number of hydrogen-bond acceptors (Lipinski definition) is 4. The molecule has 0 amide bonds. The van der Waals surface area contributed by atoms with E-state index in [9.17, 15) is 0 Å². The Bertz CT molecular complexity index is 2560. The van der Waals surface area contributed by atoms with Crippen molar-refractivity contribution in [2.24, 2.45) is 0 Å². The fourth-order valence-electron chi connectivity index (χ4n) is 8.17. The molecule has 0 atom stereocenters. The van der Waals surface area contributed by atoms with Crippen molar-refractivity contribution in [3.8, 4) is 0 Å². The van der Waals surface area contributed by atoms with E-state index in [1.165, 1.54) is 65.0 Å². The number of nitrogens with zero attached hydrogens (tertiary/aromatic N) is 2. The monoisotopic (exact) mass is 616 g/mol. The minimum atomic E-state index is 0.0950. The lowest BCUT2D eigenvalue weighted by Gasteiger charge is -2.44. The molecular weight excluding hydrogens is 591 g/mol. The molecule has 0 saturated heterocycles. The van der Waals surface area contributed by atoms with Gasteiger partial charge in [0.1, 0.15) is 5.58 Å². The molecule has 9 aromatic rings. The average molecular weight is 617 g/mol. The summed E-state index contributed by atoms with van der Waals surface area (Å²) in [5.74, 6) is 0. The summed E-state index contributed by atoms with van der Waals surface area (Å²) >= 11 is 1.88. The van der Waals surface area contributed by atoms with Crippen LogP contribution >= 0.6 is 11.3 Å². The zero-order valence-electron chi connectivity index (χ0n) is 25.2. The summed E-state index contributed by atoms with van der Waals surface area (Å²) in [6.45, 7) is 0.0950. The second-order valence-corrected chi connectivity index (χ2v) is 13.5. The quantitative estimate of drug-likeness (QED) is 0.180. The molecule has 7 aromatic carbocycles. The van der Waals surface area contributed by atoms with E-state index < -0.39 is 0 Å². The van der Waals surface area contributed by atoms with E-state index in [0.29, 0.717) is 0 Å². The van der Waals surface area contributed by atoms with Crippen molar-refractivity contribution in [3.63, 3.8) is 0 Å². The van der Waals surface area contributed by atoms with Gasteiger partial charge in [-0.15, -0.1) is 11.3 Å². The van der Waals surface area contributed by atoms with Gasteiger partial charge in [0.25, 0.3) is 6.71 Å². The fourth-order valence-corrected chi connectivity index (χ4v) is 9.38. The average Bonchev–Trinajstić information content (AvgIpc) is 3.71. The highest BCUT2D eigenvalue weighted by Crippen LogP contribution is 2.49. The summed E-state index contributed by atoms with van der Waals surface area (Å²) in [5, 5.41) is 4.88. The molecule has 0 spiro atoms. The maximum Gasteiger partial charge on any atom is 0.252 e. The number of rotatable bonds is 2. The molecule has 47 heavy (non-hydrogen) atoms. The SMILES string of the molecule is c1ccc2c(c1)B1c3ccccc3N(c3cccc4c3sc3ccccc34)c3cccc(c31)N2c1cccc2c1oc1ccccc12. The summed E-state index contributed by atoms with van der Waals surface area (Å²) in [5.41, 5.74) is 12.8. The van der Waals surface area contributed by atoms with Crippen molar-refractivity contribution >= 4 is 111 Å². The third kappa shape index (κ3) is 3.36. The number of furan rings is 1. The van der Waals surface area contributed by atoms with Crippen molar-refractivity contribution in [1.82, 2.24) is 0 Å². The summed E-state index contributed by atoms with van der Waals surface area (Å²) in [4.78, 5) is 4.94. The van der Waals surface area contributed by atoms with Crippen LogP contribution in [0, 0.1) is 0 Å². The first kappa shape index (κ1) is 25.4. The van der Waals surface area contributed by atoms with Crippen molar-refractivity contribution in [2.45, 2.75) is 0 Å². The molecule has 2 aliphatic heterocycles. The molecule has 0 unspecified atom stereocenters. The molecule has 0 aliphatic carbocycles. The van der Waals surface area contributed by atoms with Gasteiger partial charge in [-0.2, -0.15) is 0 Å². The Morgan fingerprint density at radius 1 is 0.426 bits per heavy atom. The molecule has 5 heteroatoms. The normalized spacial score (nSPS) is 13.4. The Kier molecular flexibility index (Phi) is 5.07. The molecule has 4 heterocycles. The first-order chi connectivity index (χ1) is 23.3. The van der Waals surface area contributed by atoms with Crippen molar-refractivity contribution < 1.29 is 4.42 Å². The van der Waals surface area contributed by atoms with Gasteiger partial charge in [-0.1, -0.05) is 103 Å². The molecule has 0 radical (unpaired) electrons. The van der Waals surface area contributed by atoms with Gasteiger partial charge >= 0.3 is 0 Å². The maximum atomic E-state index is 6.64. The van der Waals surface area contributed by atoms with Gasteiger partial charge in [-0.05, 0) is 64.9 Å². The van der Waals surface area contributed by atoms with E-state index >= 15 is 0 Å². The summed E-state index contributed by atoms with van der Waals surface area (Å²) in [6, 6.07) is 55.1. The fraction of sp³-hybridized carbons (Fsp3) is 0. The number of para-hydroxylation sites is 4. The van der Waals surface area contributed by atoms with Gasteiger partial charge in [0.15, 0.2) is 5.58 Å². The molecular formula is C42H25BN2OS. The van der Waals surface area contributed by atoms with E-state index in [4.69, 9.17) is 4.42 Å². The maximum absolute atomic E-state index is 6.64. The van der Waals surface area contributed by atoms with E-state index in [1.807, 2.05) is 17.4 Å². The van der Waals surface area contributed by atoms with E-state index in [2.05, 4.69) is 155 Å². The summed E-state index contributed by atoms with van der Waals surface area (Å²) in [6.07, 6.45) is 0. The molecule has 0 N–H and O–H groups in total.